The molecule has 1 aliphatic heterocycles. The average molecular weight is 795 g/mol. The Morgan fingerprint density at radius 1 is 0.912 bits per heavy atom. The summed E-state index contributed by atoms with van der Waals surface area (Å²) in [4.78, 5) is 63.8. The van der Waals surface area contributed by atoms with Gasteiger partial charge in [-0.05, 0) is 61.9 Å². The quantitative estimate of drug-likeness (QED) is 0.126. The first-order valence-electron chi connectivity index (χ1n) is 18.0. The third kappa shape index (κ3) is 12.1. The molecule has 0 radical (unpaired) electrons. The number of para-hydroxylation sites is 1. The number of nitrogens with one attached hydrogen (secondary N) is 3. The van der Waals surface area contributed by atoms with Gasteiger partial charge in [-0.2, -0.15) is 13.2 Å². The van der Waals surface area contributed by atoms with Gasteiger partial charge in [0.05, 0.1) is 18.3 Å². The van der Waals surface area contributed by atoms with Gasteiger partial charge in [0, 0.05) is 24.9 Å². The van der Waals surface area contributed by atoms with E-state index >= 15 is 0 Å². The monoisotopic (exact) mass is 794 g/mol. The molecule has 0 saturated carbocycles. The largest absolute Gasteiger partial charge is 0.490 e. The van der Waals surface area contributed by atoms with E-state index in [0.29, 0.717) is 11.4 Å². The molecule has 0 unspecified atom stereocenters. The third-order valence-electron chi connectivity index (χ3n) is 9.12. The molecule has 4 aromatic rings. The molecule has 0 aliphatic carbocycles. The van der Waals surface area contributed by atoms with Crippen molar-refractivity contribution in [3.63, 3.8) is 0 Å². The van der Waals surface area contributed by atoms with Gasteiger partial charge < -0.3 is 36.4 Å². The lowest BCUT2D eigenvalue weighted by Gasteiger charge is -2.31. The molecule has 1 fully saturated rings. The Morgan fingerprint density at radius 3 is 2.04 bits per heavy atom. The summed E-state index contributed by atoms with van der Waals surface area (Å²) in [6.07, 6.45) is -2.91. The predicted octanol–water partition coefficient (Wildman–Crippen LogP) is 3.47. The number of rotatable bonds is 14. The maximum atomic E-state index is 14.2. The van der Waals surface area contributed by atoms with Gasteiger partial charge in [-0.3, -0.25) is 19.2 Å². The zero-order chi connectivity index (χ0) is 41.9. The SMILES string of the molecule is CN[C@@H](C)C(=O)N[C@H](C(=O)N1C[C@@H](n2cc(-c3ccc(Oc4ccccc4)cc3)nn2)C[C@H]1C(=O)N[C@@H](Cc1ccccc1)C(N)=O)C(C)C.O=C(O)C(F)(F)F. The number of aromatic nitrogens is 3. The first-order valence-corrected chi connectivity index (χ1v) is 18.0. The Kier molecular flexibility index (Phi) is 14.9. The topological polar surface area (TPSA) is 211 Å². The molecule has 1 saturated heterocycles. The second kappa shape index (κ2) is 19.5. The molecule has 1 aromatic heterocycles. The maximum absolute atomic E-state index is 14.2. The number of hydrogen-bond donors (Lipinski definition) is 5. The first kappa shape index (κ1) is 43.4. The van der Waals surface area contributed by atoms with E-state index in [-0.39, 0.29) is 31.2 Å². The lowest BCUT2D eigenvalue weighted by Crippen LogP contribution is -2.58. The van der Waals surface area contributed by atoms with Crippen LogP contribution in [-0.2, 0) is 30.4 Å². The smallest absolute Gasteiger partial charge is 0.475 e. The Bertz CT molecular complexity index is 1980. The van der Waals surface area contributed by atoms with E-state index in [0.717, 1.165) is 16.9 Å². The normalized spacial score (nSPS) is 16.7. The van der Waals surface area contributed by atoms with Gasteiger partial charge in [0.15, 0.2) is 0 Å². The number of nitrogens with zero attached hydrogens (tertiary/aromatic N) is 4. The number of likely N-dealkylation sites (tertiary alicyclic amines) is 1. The number of carboxylic acid groups (broad SMARTS) is 1. The Hall–Kier alpha value is -6.30. The molecule has 15 nitrogen and oxygen atoms in total. The van der Waals surface area contributed by atoms with Gasteiger partial charge in [-0.25, -0.2) is 9.48 Å². The van der Waals surface area contributed by atoms with Gasteiger partial charge in [0.1, 0.15) is 35.3 Å². The highest BCUT2D eigenvalue weighted by Gasteiger charge is 2.44. The second-order valence-corrected chi connectivity index (χ2v) is 13.6. The molecule has 3 aromatic carbocycles. The van der Waals surface area contributed by atoms with Crippen molar-refractivity contribution in [2.24, 2.45) is 11.7 Å². The van der Waals surface area contributed by atoms with E-state index < -0.39 is 60.1 Å². The molecular formula is C39H45F3N8O7. The highest BCUT2D eigenvalue weighted by Crippen LogP contribution is 2.31. The van der Waals surface area contributed by atoms with Gasteiger partial charge in [-0.15, -0.1) is 5.10 Å². The second-order valence-electron chi connectivity index (χ2n) is 13.6. The number of halogens is 3. The molecule has 5 rings (SSSR count). The van der Waals surface area contributed by atoms with Crippen LogP contribution in [-0.4, -0.2) is 98.5 Å². The number of nitrogens with two attached hydrogens (primary N) is 1. The molecule has 0 spiro atoms. The van der Waals surface area contributed by atoms with Crippen LogP contribution < -0.4 is 26.4 Å². The summed E-state index contributed by atoms with van der Waals surface area (Å²) in [5.41, 5.74) is 7.95. The van der Waals surface area contributed by atoms with Crippen molar-refractivity contribution in [1.82, 2.24) is 35.8 Å². The number of ether oxygens (including phenoxy) is 1. The van der Waals surface area contributed by atoms with Gasteiger partial charge in [-0.1, -0.05) is 67.6 Å². The number of carbonyl (C=O) groups is 5. The van der Waals surface area contributed by atoms with E-state index in [1.807, 2.05) is 98.8 Å². The van der Waals surface area contributed by atoms with Crippen molar-refractivity contribution in [3.05, 3.63) is 96.7 Å². The zero-order valence-corrected chi connectivity index (χ0v) is 31.6. The maximum Gasteiger partial charge on any atom is 0.490 e. The zero-order valence-electron chi connectivity index (χ0n) is 31.6. The van der Waals surface area contributed by atoms with E-state index in [9.17, 15) is 32.3 Å². The lowest BCUT2D eigenvalue weighted by atomic mass is 10.0. The van der Waals surface area contributed by atoms with E-state index in [4.69, 9.17) is 20.4 Å². The average Bonchev–Trinajstić information content (AvgIpc) is 3.86. The summed E-state index contributed by atoms with van der Waals surface area (Å²) in [5, 5.41) is 24.4. The minimum absolute atomic E-state index is 0.129. The summed E-state index contributed by atoms with van der Waals surface area (Å²) in [6.45, 7) is 5.49. The molecule has 6 N–H and O–H groups in total. The Labute approximate surface area is 326 Å². The molecule has 304 valence electrons. The van der Waals surface area contributed by atoms with Gasteiger partial charge in [0.25, 0.3) is 0 Å². The van der Waals surface area contributed by atoms with Gasteiger partial charge >= 0.3 is 12.1 Å². The molecule has 4 amide bonds. The number of hydrogen-bond acceptors (Lipinski definition) is 9. The van der Waals surface area contributed by atoms with Crippen LogP contribution >= 0.6 is 0 Å². The highest BCUT2D eigenvalue weighted by atomic mass is 19.4. The number of carbonyl (C=O) groups excluding carboxylic acids is 4. The number of likely N-dealkylation sites (N-methyl/N-ethyl adjacent to an activating group) is 1. The van der Waals surface area contributed by atoms with Crippen molar-refractivity contribution in [2.75, 3.05) is 13.6 Å². The summed E-state index contributed by atoms with van der Waals surface area (Å²) in [7, 11) is 1.66. The number of alkyl halides is 3. The van der Waals surface area contributed by atoms with Crippen molar-refractivity contribution in [2.45, 2.75) is 70.0 Å². The van der Waals surface area contributed by atoms with Crippen molar-refractivity contribution < 1.29 is 47.0 Å². The summed E-state index contributed by atoms with van der Waals surface area (Å²) in [5.74, 6) is -3.60. The molecule has 2 heterocycles. The van der Waals surface area contributed by atoms with E-state index in [1.54, 1.807) is 24.9 Å². The van der Waals surface area contributed by atoms with Crippen LogP contribution in [0.25, 0.3) is 11.3 Å². The number of amides is 4. The molecule has 57 heavy (non-hydrogen) atoms. The van der Waals surface area contributed by atoms with Crippen LogP contribution in [0.4, 0.5) is 13.2 Å². The summed E-state index contributed by atoms with van der Waals surface area (Å²) >= 11 is 0. The standard InChI is InChI=1S/C37H44N8O5.C2HF3O2/c1-23(2)33(41-35(47)24(3)39-4)37(49)44-21-27(20-32(44)36(48)40-30(34(38)46)19-25-11-7-5-8-12-25)45-22-31(42-43-45)26-15-17-29(18-16-26)50-28-13-9-6-10-14-28;3-2(4,5)1(6)7/h5-18,22-24,27,30,32-33,39H,19-21H2,1-4H3,(H2,38,46)(H,40,48)(H,41,47);(H,6,7)/t24-,27-,30-,32-,33-;/m0./s1. The fourth-order valence-electron chi connectivity index (χ4n) is 5.85. The van der Waals surface area contributed by atoms with Crippen molar-refractivity contribution in [1.29, 1.82) is 0 Å². The number of benzene rings is 3. The molecule has 18 heteroatoms. The van der Waals surface area contributed by atoms with Crippen LogP contribution in [0.2, 0.25) is 0 Å². The number of carboxylic acids is 1. The van der Waals surface area contributed by atoms with Crippen LogP contribution in [0, 0.1) is 5.92 Å². The number of aliphatic carboxylic acids is 1. The molecule has 1 aliphatic rings. The predicted molar refractivity (Wildman–Crippen MR) is 201 cm³/mol. The van der Waals surface area contributed by atoms with Crippen LogP contribution in [0.5, 0.6) is 11.5 Å². The summed E-state index contributed by atoms with van der Waals surface area (Å²) < 4.78 is 39.3. The lowest BCUT2D eigenvalue weighted by molar-refractivity contribution is -0.192. The first-order chi connectivity index (χ1) is 27.0. The van der Waals surface area contributed by atoms with Crippen LogP contribution in [0.3, 0.4) is 0 Å². The number of primary amides is 1. The Morgan fingerprint density at radius 2 is 1.49 bits per heavy atom. The van der Waals surface area contributed by atoms with E-state index in [1.165, 1.54) is 4.90 Å². The van der Waals surface area contributed by atoms with Crippen LogP contribution in [0.1, 0.15) is 38.8 Å². The fraction of sp³-hybridized carbons (Fsp3) is 0.359. The van der Waals surface area contributed by atoms with Crippen molar-refractivity contribution >= 4 is 29.6 Å². The fourth-order valence-corrected chi connectivity index (χ4v) is 5.85. The van der Waals surface area contributed by atoms with Crippen molar-refractivity contribution in [3.8, 4) is 22.8 Å². The van der Waals surface area contributed by atoms with E-state index in [2.05, 4.69) is 26.3 Å². The highest BCUT2D eigenvalue weighted by molar-refractivity contribution is 5.95. The third-order valence-corrected chi connectivity index (χ3v) is 9.12. The molecule has 0 bridgehead atoms. The minimum Gasteiger partial charge on any atom is -0.475 e. The van der Waals surface area contributed by atoms with Gasteiger partial charge in [0.2, 0.25) is 23.6 Å². The Balaban J connectivity index is 0.000000940. The summed E-state index contributed by atoms with van der Waals surface area (Å²) in [6, 6.07) is 22.3. The molecule has 5 atom stereocenters. The van der Waals surface area contributed by atoms with Crippen LogP contribution in [0.15, 0.2) is 91.1 Å². The molecular weight excluding hydrogens is 749 g/mol. The minimum atomic E-state index is -5.08.